The smallest absolute Gasteiger partial charge is 0.262 e. The van der Waals surface area contributed by atoms with E-state index in [2.05, 4.69) is 4.98 Å². The molecule has 0 saturated heterocycles. The SMILES string of the molecule is [2H]c1c([2H])c([2H])c([Si](c2nc3c4c(c2[2H])Oc2c([2H])c([2H])c([2H])c([2H])c2B4c2c([2H])c([2H])c([2H])c([2H])c2O3)(c2c([2H])c([2H])c([2H])c([2H])c2[2H])c2c([2H])c([2H])c([2H])c([2H])c2[2H])c([2H])c1[2H]. The minimum atomic E-state index is -6.10. The zero-order chi connectivity index (χ0) is 47.4. The lowest BCUT2D eigenvalue weighted by atomic mass is 9.35. The van der Waals surface area contributed by atoms with E-state index in [0.29, 0.717) is 0 Å². The normalized spacial score (nSPS) is 21.2. The van der Waals surface area contributed by atoms with Crippen LogP contribution in [-0.2, 0) is 0 Å². The van der Waals surface area contributed by atoms with E-state index in [9.17, 15) is 9.60 Å². The van der Waals surface area contributed by atoms with Crippen LogP contribution in [0.1, 0.15) is 32.9 Å². The fourth-order valence-electron chi connectivity index (χ4n) is 4.92. The van der Waals surface area contributed by atoms with Crippen molar-refractivity contribution in [2.45, 2.75) is 0 Å². The fourth-order valence-corrected chi connectivity index (χ4v) is 8.45. The fraction of sp³-hybridized carbons (Fsp3) is 0. The zero-order valence-electron chi connectivity index (χ0n) is 43.8. The van der Waals surface area contributed by atoms with Crippen molar-refractivity contribution < 1.29 is 42.4 Å². The summed E-state index contributed by atoms with van der Waals surface area (Å²) in [6.07, 6.45) is 0. The summed E-state index contributed by atoms with van der Waals surface area (Å²) in [6, 6.07) is -24.1. The lowest BCUT2D eigenvalue weighted by Crippen LogP contribution is -2.75. The lowest BCUT2D eigenvalue weighted by Gasteiger charge is -2.36. The number of aromatic nitrogens is 1. The third-order valence-electron chi connectivity index (χ3n) is 6.53. The lowest BCUT2D eigenvalue weighted by molar-refractivity contribution is 0.452. The predicted molar refractivity (Wildman–Crippen MR) is 166 cm³/mol. The Labute approximate surface area is 268 Å². The molecule has 188 valence electrons. The molecule has 5 heteroatoms. The van der Waals surface area contributed by atoms with Gasteiger partial charge in [0.2, 0.25) is 14.0 Å². The van der Waals surface area contributed by atoms with Crippen molar-refractivity contribution in [1.82, 2.24) is 4.98 Å². The number of benzene rings is 5. The molecule has 5 aromatic carbocycles. The van der Waals surface area contributed by atoms with Crippen molar-refractivity contribution in [2.75, 3.05) is 0 Å². The van der Waals surface area contributed by atoms with Gasteiger partial charge in [-0.2, -0.15) is 0 Å². The number of hydrogen-bond acceptors (Lipinski definition) is 3. The maximum absolute atomic E-state index is 9.99. The third kappa shape index (κ3) is 3.34. The molecule has 0 bridgehead atoms. The van der Waals surface area contributed by atoms with Gasteiger partial charge in [-0.05, 0) is 44.6 Å². The topological polar surface area (TPSA) is 31.4 Å². The summed E-state index contributed by atoms with van der Waals surface area (Å²) in [4.78, 5) is 4.61. The number of fused-ring (bicyclic) bond motifs is 4. The summed E-state index contributed by atoms with van der Waals surface area (Å²) < 4.78 is 226. The van der Waals surface area contributed by atoms with Gasteiger partial charge in [0, 0.05) is 10.8 Å². The summed E-state index contributed by atoms with van der Waals surface area (Å²) >= 11 is 0. The first-order chi connectivity index (χ1) is 29.8. The predicted octanol–water partition coefficient (Wildman–Crippen LogP) is 3.19. The van der Waals surface area contributed by atoms with Crippen LogP contribution in [0.3, 0.4) is 0 Å². The van der Waals surface area contributed by atoms with E-state index in [0.717, 1.165) is 0 Å². The molecule has 0 radical (unpaired) electrons. The average molecular weight is 554 g/mol. The molecule has 3 nitrogen and oxygen atoms in total. The Morgan fingerprint density at radius 1 is 0.525 bits per heavy atom. The molecule has 0 unspecified atom stereocenters. The van der Waals surface area contributed by atoms with Crippen molar-refractivity contribution in [1.29, 1.82) is 0 Å². The van der Waals surface area contributed by atoms with Gasteiger partial charge in [0.05, 0.1) is 32.9 Å². The largest absolute Gasteiger partial charge is 0.458 e. The molecule has 0 fully saturated rings. The van der Waals surface area contributed by atoms with Gasteiger partial charge in [-0.1, -0.05) is 127 Å². The summed E-state index contributed by atoms with van der Waals surface area (Å²) in [5.41, 5.74) is -1.20. The van der Waals surface area contributed by atoms with Crippen molar-refractivity contribution in [2.24, 2.45) is 0 Å². The molecule has 0 spiro atoms. The molecular formula is C35H24BNO2Si. The van der Waals surface area contributed by atoms with Crippen LogP contribution in [0.2, 0.25) is 0 Å². The molecule has 1 aromatic heterocycles. The molecule has 3 heterocycles. The summed E-state index contributed by atoms with van der Waals surface area (Å²) in [6.45, 7) is -1.70. The van der Waals surface area contributed by atoms with Gasteiger partial charge >= 0.3 is 0 Å². The highest BCUT2D eigenvalue weighted by Crippen LogP contribution is 2.32. The molecular weight excluding hydrogens is 505 g/mol. The van der Waals surface area contributed by atoms with Gasteiger partial charge in [-0.25, -0.2) is 4.98 Å². The highest BCUT2D eigenvalue weighted by atomic mass is 28.3. The molecule has 6 aromatic rings. The molecule has 0 saturated carbocycles. The molecule has 2 aliphatic rings. The highest BCUT2D eigenvalue weighted by molar-refractivity contribution is 7.19. The monoisotopic (exact) mass is 553 g/mol. The van der Waals surface area contributed by atoms with E-state index in [1.54, 1.807) is 0 Å². The second kappa shape index (κ2) is 9.11. The van der Waals surface area contributed by atoms with Crippen LogP contribution in [0.4, 0.5) is 0 Å². The molecule has 2 aliphatic heterocycles. The van der Waals surface area contributed by atoms with Crippen molar-refractivity contribution >= 4 is 52.1 Å². The van der Waals surface area contributed by atoms with Gasteiger partial charge in [0.1, 0.15) is 17.2 Å². The van der Waals surface area contributed by atoms with E-state index in [1.807, 2.05) is 0 Å². The minimum absolute atomic E-state index is 0.395. The summed E-state index contributed by atoms with van der Waals surface area (Å²) in [5.74, 6) is -2.90. The van der Waals surface area contributed by atoms with E-state index in [1.165, 1.54) is 0 Å². The van der Waals surface area contributed by atoms with Crippen molar-refractivity contribution in [3.05, 3.63) is 145 Å². The molecule has 8 rings (SSSR count). The summed E-state index contributed by atoms with van der Waals surface area (Å²) in [5, 5.41) is -4.01. The van der Waals surface area contributed by atoms with Crippen molar-refractivity contribution in [3.63, 3.8) is 0 Å². The van der Waals surface area contributed by atoms with Crippen LogP contribution in [0.5, 0.6) is 23.1 Å². The standard InChI is InChI=1S/C35H24BNO2Si/c1-4-14-25(15-5-1)40(26-16-6-2-7-17-26,27-18-8-3-9-19-27)33-24-32-34-35(37-33)39-31-23-13-11-21-29(31)36(34)28-20-10-12-22-30(28)38-32/h1-24H/i1D,2D,3D,4D,5D,6D,7D,8D,9D,10D,11D,12D,13D,14D,15D,16D,17D,18D,19D,20D,21D,22D,23D,24D. The van der Waals surface area contributed by atoms with Crippen LogP contribution < -0.4 is 46.7 Å². The maximum atomic E-state index is 9.99. The molecule has 40 heavy (non-hydrogen) atoms. The van der Waals surface area contributed by atoms with Gasteiger partial charge in [-0.15, -0.1) is 0 Å². The van der Waals surface area contributed by atoms with Crippen LogP contribution in [0.25, 0.3) is 0 Å². The van der Waals surface area contributed by atoms with Gasteiger partial charge in [-0.3, -0.25) is 0 Å². The van der Waals surface area contributed by atoms with Crippen LogP contribution >= 0.6 is 0 Å². The van der Waals surface area contributed by atoms with Crippen LogP contribution in [0.15, 0.2) is 145 Å². The van der Waals surface area contributed by atoms with E-state index in [-0.39, 0.29) is 0 Å². The minimum Gasteiger partial charge on any atom is -0.458 e. The van der Waals surface area contributed by atoms with Crippen molar-refractivity contribution in [3.8, 4) is 23.1 Å². The highest BCUT2D eigenvalue weighted by Gasteiger charge is 2.47. The summed E-state index contributed by atoms with van der Waals surface area (Å²) in [7, 11) is -6.10. The second-order valence-electron chi connectivity index (χ2n) is 8.51. The number of rotatable bonds is 4. The number of pyridine rings is 1. The number of ether oxygens (including phenoxy) is 2. The van der Waals surface area contributed by atoms with Gasteiger partial charge < -0.3 is 9.47 Å². The van der Waals surface area contributed by atoms with Crippen LogP contribution in [0, 0.1) is 0 Å². The van der Waals surface area contributed by atoms with E-state index in [4.69, 9.17) is 32.8 Å². The Bertz CT molecular complexity index is 2930. The average Bonchev–Trinajstić information content (AvgIpc) is 3.27. The Balaban J connectivity index is 1.73. The molecule has 0 amide bonds. The quantitative estimate of drug-likeness (QED) is 0.248. The first-order valence-electron chi connectivity index (χ1n) is 23.6. The molecule has 0 aliphatic carbocycles. The Morgan fingerprint density at radius 3 is 1.50 bits per heavy atom. The number of nitrogens with zero attached hydrogens (tertiary/aromatic N) is 1. The second-order valence-corrected chi connectivity index (χ2v) is 12.0. The van der Waals surface area contributed by atoms with E-state index >= 15 is 0 Å². The van der Waals surface area contributed by atoms with Gasteiger partial charge in [0.25, 0.3) is 6.71 Å². The molecule has 0 atom stereocenters. The zero-order valence-corrected chi connectivity index (χ0v) is 20.8. The number of hydrogen-bond donors (Lipinski definition) is 0. The molecule has 0 N–H and O–H groups in total. The van der Waals surface area contributed by atoms with E-state index < -0.39 is 220 Å². The Kier molecular flexibility index (Phi) is 2.13. The van der Waals surface area contributed by atoms with Gasteiger partial charge in [0.15, 0.2) is 0 Å². The first kappa shape index (κ1) is 9.36. The Morgan fingerprint density at radius 2 is 0.975 bits per heavy atom. The maximum Gasteiger partial charge on any atom is 0.262 e. The van der Waals surface area contributed by atoms with Crippen LogP contribution in [-0.4, -0.2) is 19.8 Å². The Hall–Kier alpha value is -4.87. The third-order valence-corrected chi connectivity index (χ3v) is 10.5. The number of para-hydroxylation sites is 2. The first-order valence-corrected chi connectivity index (χ1v) is 13.6.